The topological polar surface area (TPSA) is 97.1 Å². The zero-order valence-corrected chi connectivity index (χ0v) is 13.0. The number of nitrogens with zero attached hydrogens (tertiary/aromatic N) is 1. The van der Waals surface area contributed by atoms with Gasteiger partial charge in [0.15, 0.2) is 0 Å². The van der Waals surface area contributed by atoms with Crippen molar-refractivity contribution in [3.63, 3.8) is 0 Å². The highest BCUT2D eigenvalue weighted by atomic mass is 16.2. The maximum absolute atomic E-state index is 12.3. The van der Waals surface area contributed by atoms with E-state index in [0.29, 0.717) is 17.3 Å². The van der Waals surface area contributed by atoms with E-state index < -0.39 is 0 Å². The quantitative estimate of drug-likeness (QED) is 0.768. The van der Waals surface area contributed by atoms with Gasteiger partial charge in [-0.25, -0.2) is 0 Å². The Balaban J connectivity index is 1.91. The number of rotatable bonds is 5. The molecule has 1 aromatic rings. The molecule has 1 fully saturated rings. The van der Waals surface area contributed by atoms with Gasteiger partial charge in [-0.2, -0.15) is 0 Å². The van der Waals surface area contributed by atoms with E-state index in [2.05, 4.69) is 15.6 Å². The largest absolute Gasteiger partial charge is 0.354 e. The van der Waals surface area contributed by atoms with Gasteiger partial charge in [-0.05, 0) is 56.7 Å². The van der Waals surface area contributed by atoms with Gasteiger partial charge >= 0.3 is 0 Å². The molecule has 0 saturated heterocycles. The molecule has 1 aliphatic rings. The van der Waals surface area contributed by atoms with Gasteiger partial charge in [-0.1, -0.05) is 0 Å². The van der Waals surface area contributed by atoms with Crippen LogP contribution in [-0.2, 0) is 4.79 Å². The third kappa shape index (κ3) is 4.27. The Morgan fingerprint density at radius 2 is 2.05 bits per heavy atom. The molecule has 1 heterocycles. The molecule has 0 radical (unpaired) electrons. The Bertz CT molecular complexity index is 525. The molecule has 120 valence electrons. The van der Waals surface area contributed by atoms with Crippen LogP contribution >= 0.6 is 0 Å². The van der Waals surface area contributed by atoms with E-state index in [1.165, 1.54) is 6.20 Å². The first-order valence-electron chi connectivity index (χ1n) is 7.83. The SMILES string of the molecule is CNC(=O)c1cc(NC(=O)[C@H]2CC[C@H](CCN)CC2)ccn1. The highest BCUT2D eigenvalue weighted by molar-refractivity contribution is 5.96. The predicted molar refractivity (Wildman–Crippen MR) is 85.4 cm³/mol. The van der Waals surface area contributed by atoms with Gasteiger partial charge in [0, 0.05) is 24.8 Å². The third-order valence-electron chi connectivity index (χ3n) is 4.28. The number of amides is 2. The summed E-state index contributed by atoms with van der Waals surface area (Å²) in [6.07, 6.45) is 6.52. The van der Waals surface area contributed by atoms with Crippen LogP contribution in [-0.4, -0.2) is 30.4 Å². The molecule has 0 atom stereocenters. The van der Waals surface area contributed by atoms with Crippen molar-refractivity contribution in [2.75, 3.05) is 18.9 Å². The minimum Gasteiger partial charge on any atom is -0.354 e. The van der Waals surface area contributed by atoms with Crippen LogP contribution in [0.25, 0.3) is 0 Å². The average molecular weight is 304 g/mol. The number of hydrogen-bond donors (Lipinski definition) is 3. The Kier molecular flexibility index (Phi) is 5.89. The molecule has 1 aliphatic carbocycles. The minimum atomic E-state index is -0.265. The molecule has 2 rings (SSSR count). The van der Waals surface area contributed by atoms with Gasteiger partial charge in [-0.15, -0.1) is 0 Å². The first-order chi connectivity index (χ1) is 10.6. The van der Waals surface area contributed by atoms with Crippen molar-refractivity contribution in [2.24, 2.45) is 17.6 Å². The monoisotopic (exact) mass is 304 g/mol. The number of carbonyl (C=O) groups is 2. The van der Waals surface area contributed by atoms with Crippen molar-refractivity contribution < 1.29 is 9.59 Å². The summed E-state index contributed by atoms with van der Waals surface area (Å²) in [5.41, 5.74) is 6.50. The van der Waals surface area contributed by atoms with E-state index >= 15 is 0 Å². The van der Waals surface area contributed by atoms with Crippen molar-refractivity contribution in [1.82, 2.24) is 10.3 Å². The zero-order chi connectivity index (χ0) is 15.9. The summed E-state index contributed by atoms with van der Waals surface area (Å²) in [7, 11) is 1.55. The third-order valence-corrected chi connectivity index (χ3v) is 4.28. The fraction of sp³-hybridized carbons (Fsp3) is 0.562. The average Bonchev–Trinajstić information content (AvgIpc) is 2.55. The number of carbonyl (C=O) groups excluding carboxylic acids is 2. The van der Waals surface area contributed by atoms with Crippen LogP contribution in [0.5, 0.6) is 0 Å². The van der Waals surface area contributed by atoms with Gasteiger partial charge in [0.25, 0.3) is 5.91 Å². The van der Waals surface area contributed by atoms with Crippen LogP contribution in [0.3, 0.4) is 0 Å². The summed E-state index contributed by atoms with van der Waals surface area (Å²) in [6.45, 7) is 0.723. The molecule has 6 heteroatoms. The molecular formula is C16H24N4O2. The lowest BCUT2D eigenvalue weighted by atomic mass is 9.80. The summed E-state index contributed by atoms with van der Waals surface area (Å²) < 4.78 is 0. The van der Waals surface area contributed by atoms with E-state index in [-0.39, 0.29) is 17.7 Å². The first-order valence-corrected chi connectivity index (χ1v) is 7.83. The highest BCUT2D eigenvalue weighted by Gasteiger charge is 2.26. The molecule has 1 aromatic heterocycles. The van der Waals surface area contributed by atoms with Crippen LogP contribution in [0.1, 0.15) is 42.6 Å². The normalized spacial score (nSPS) is 21.2. The highest BCUT2D eigenvalue weighted by Crippen LogP contribution is 2.31. The van der Waals surface area contributed by atoms with Gasteiger partial charge < -0.3 is 16.4 Å². The van der Waals surface area contributed by atoms with Crippen molar-refractivity contribution in [3.05, 3.63) is 24.0 Å². The van der Waals surface area contributed by atoms with Gasteiger partial charge in [0.1, 0.15) is 5.69 Å². The number of nitrogens with two attached hydrogens (primary N) is 1. The van der Waals surface area contributed by atoms with Gasteiger partial charge in [0.2, 0.25) is 5.91 Å². The minimum absolute atomic E-state index is 0.0280. The lowest BCUT2D eigenvalue weighted by Gasteiger charge is -2.27. The molecule has 0 aromatic carbocycles. The second kappa shape index (κ2) is 7.89. The molecule has 22 heavy (non-hydrogen) atoms. The molecule has 1 saturated carbocycles. The fourth-order valence-corrected chi connectivity index (χ4v) is 2.95. The Morgan fingerprint density at radius 3 is 2.68 bits per heavy atom. The summed E-state index contributed by atoms with van der Waals surface area (Å²) >= 11 is 0. The zero-order valence-electron chi connectivity index (χ0n) is 13.0. The van der Waals surface area contributed by atoms with E-state index in [4.69, 9.17) is 5.73 Å². The second-order valence-electron chi connectivity index (χ2n) is 5.79. The van der Waals surface area contributed by atoms with E-state index in [1.807, 2.05) is 0 Å². The summed E-state index contributed by atoms with van der Waals surface area (Å²) in [5.74, 6) is 0.471. The summed E-state index contributed by atoms with van der Waals surface area (Å²) in [4.78, 5) is 27.9. The van der Waals surface area contributed by atoms with Gasteiger partial charge in [-0.3, -0.25) is 14.6 Å². The molecular weight excluding hydrogens is 280 g/mol. The number of hydrogen-bond acceptors (Lipinski definition) is 4. The standard InChI is InChI=1S/C16H24N4O2/c1-18-16(22)14-10-13(7-9-19-14)20-15(21)12-4-2-11(3-5-12)6-8-17/h7,9-12H,2-6,8,17H2,1H3,(H,18,22)(H,19,20,21)/t11-,12-. The van der Waals surface area contributed by atoms with E-state index in [1.54, 1.807) is 19.2 Å². The van der Waals surface area contributed by atoms with Crippen molar-refractivity contribution in [2.45, 2.75) is 32.1 Å². The van der Waals surface area contributed by atoms with Crippen molar-refractivity contribution >= 4 is 17.5 Å². The molecule has 0 unspecified atom stereocenters. The van der Waals surface area contributed by atoms with Crippen LogP contribution in [0, 0.1) is 11.8 Å². The Morgan fingerprint density at radius 1 is 1.32 bits per heavy atom. The predicted octanol–water partition coefficient (Wildman–Crippen LogP) is 1.53. The number of nitrogens with one attached hydrogen (secondary N) is 2. The van der Waals surface area contributed by atoms with E-state index in [9.17, 15) is 9.59 Å². The van der Waals surface area contributed by atoms with Gasteiger partial charge in [0.05, 0.1) is 0 Å². The fourth-order valence-electron chi connectivity index (χ4n) is 2.95. The van der Waals surface area contributed by atoms with Crippen molar-refractivity contribution in [3.8, 4) is 0 Å². The summed E-state index contributed by atoms with van der Waals surface area (Å²) in [5, 5.41) is 5.41. The molecule has 0 spiro atoms. The lowest BCUT2D eigenvalue weighted by molar-refractivity contribution is -0.121. The number of anilines is 1. The number of pyridine rings is 1. The second-order valence-corrected chi connectivity index (χ2v) is 5.79. The lowest BCUT2D eigenvalue weighted by Crippen LogP contribution is -2.28. The maximum Gasteiger partial charge on any atom is 0.269 e. The Labute approximate surface area is 130 Å². The molecule has 0 aliphatic heterocycles. The molecule has 6 nitrogen and oxygen atoms in total. The molecule has 0 bridgehead atoms. The number of aromatic nitrogens is 1. The molecule has 4 N–H and O–H groups in total. The summed E-state index contributed by atoms with van der Waals surface area (Å²) in [6, 6.07) is 3.29. The maximum atomic E-state index is 12.3. The van der Waals surface area contributed by atoms with Crippen LogP contribution < -0.4 is 16.4 Å². The smallest absolute Gasteiger partial charge is 0.269 e. The van der Waals surface area contributed by atoms with Crippen molar-refractivity contribution in [1.29, 1.82) is 0 Å². The Hall–Kier alpha value is -1.95. The van der Waals surface area contributed by atoms with Crippen LogP contribution in [0.4, 0.5) is 5.69 Å². The van der Waals surface area contributed by atoms with Crippen LogP contribution in [0.2, 0.25) is 0 Å². The van der Waals surface area contributed by atoms with E-state index in [0.717, 1.165) is 38.6 Å². The van der Waals surface area contributed by atoms with Crippen LogP contribution in [0.15, 0.2) is 18.3 Å². The first kappa shape index (κ1) is 16.4. The molecule has 2 amide bonds.